The molecule has 0 radical (unpaired) electrons. The van der Waals surface area contributed by atoms with Crippen LogP contribution < -0.4 is 10.6 Å². The lowest BCUT2D eigenvalue weighted by Gasteiger charge is -2.24. The molecular weight excluding hydrogens is 320 g/mol. The predicted octanol–water partition coefficient (Wildman–Crippen LogP) is 1.01. The summed E-state index contributed by atoms with van der Waals surface area (Å²) in [5.74, 6) is 1.46. The molecular formula is C17H28N6O2. The van der Waals surface area contributed by atoms with Gasteiger partial charge < -0.3 is 10.2 Å². The van der Waals surface area contributed by atoms with Gasteiger partial charge in [-0.05, 0) is 38.8 Å². The number of nitrogens with one attached hydrogen (secondary N) is 2. The molecule has 3 rings (SSSR count). The molecule has 8 nitrogen and oxygen atoms in total. The van der Waals surface area contributed by atoms with Crippen LogP contribution >= 0.6 is 0 Å². The second-order valence-corrected chi connectivity index (χ2v) is 6.97. The van der Waals surface area contributed by atoms with Crippen molar-refractivity contribution in [1.29, 1.82) is 0 Å². The highest BCUT2D eigenvalue weighted by atomic mass is 16.2. The van der Waals surface area contributed by atoms with Crippen molar-refractivity contribution >= 4 is 17.8 Å². The van der Waals surface area contributed by atoms with E-state index in [1.54, 1.807) is 16.6 Å². The largest absolute Gasteiger partial charge is 0.333 e. The molecule has 0 aromatic carbocycles. The van der Waals surface area contributed by atoms with Crippen molar-refractivity contribution in [3.8, 4) is 0 Å². The number of nitrogens with zero attached hydrogens (tertiary/aromatic N) is 4. The van der Waals surface area contributed by atoms with Gasteiger partial charge in [0.05, 0.1) is 6.54 Å². The van der Waals surface area contributed by atoms with Crippen LogP contribution in [0.2, 0.25) is 0 Å². The van der Waals surface area contributed by atoms with Crippen LogP contribution in [0.3, 0.4) is 0 Å². The van der Waals surface area contributed by atoms with Crippen molar-refractivity contribution in [2.75, 3.05) is 31.5 Å². The lowest BCUT2D eigenvalue weighted by Crippen LogP contribution is -2.39. The van der Waals surface area contributed by atoms with E-state index in [0.29, 0.717) is 24.8 Å². The molecule has 0 saturated carbocycles. The first-order chi connectivity index (χ1) is 12.1. The normalized spacial score (nSPS) is 20.2. The van der Waals surface area contributed by atoms with Crippen molar-refractivity contribution < 1.29 is 9.59 Å². The van der Waals surface area contributed by atoms with Crippen molar-refractivity contribution in [2.24, 2.45) is 7.05 Å². The first-order valence-electron chi connectivity index (χ1n) is 9.33. The SMILES string of the molecule is Cn1nc(C2CCNCC2)nc1NC(=O)CN1CCCCCCC1=O. The number of amides is 2. The number of hydrogen-bond acceptors (Lipinski definition) is 5. The molecule has 2 amide bonds. The van der Waals surface area contributed by atoms with Gasteiger partial charge in [0.1, 0.15) is 0 Å². The Labute approximate surface area is 148 Å². The Morgan fingerprint density at radius 2 is 2.00 bits per heavy atom. The predicted molar refractivity (Wildman–Crippen MR) is 94.1 cm³/mol. The summed E-state index contributed by atoms with van der Waals surface area (Å²) >= 11 is 0. The molecule has 2 saturated heterocycles. The highest BCUT2D eigenvalue weighted by Gasteiger charge is 2.23. The molecule has 2 aliphatic heterocycles. The Bertz CT molecular complexity index is 608. The fourth-order valence-corrected chi connectivity index (χ4v) is 3.49. The second kappa shape index (κ2) is 8.42. The molecule has 8 heteroatoms. The van der Waals surface area contributed by atoms with Crippen molar-refractivity contribution in [3.05, 3.63) is 5.82 Å². The molecule has 25 heavy (non-hydrogen) atoms. The maximum atomic E-state index is 12.4. The maximum absolute atomic E-state index is 12.4. The smallest absolute Gasteiger partial charge is 0.246 e. The number of likely N-dealkylation sites (tertiary alicyclic amines) is 1. The Kier molecular flexibility index (Phi) is 6.01. The number of anilines is 1. The van der Waals surface area contributed by atoms with Gasteiger partial charge in [0.2, 0.25) is 17.8 Å². The molecule has 0 atom stereocenters. The summed E-state index contributed by atoms with van der Waals surface area (Å²) in [6.07, 6.45) is 6.66. The zero-order valence-electron chi connectivity index (χ0n) is 15.0. The van der Waals surface area contributed by atoms with E-state index in [1.807, 2.05) is 0 Å². The van der Waals surface area contributed by atoms with Crippen molar-refractivity contribution in [3.63, 3.8) is 0 Å². The van der Waals surface area contributed by atoms with Crippen molar-refractivity contribution in [1.82, 2.24) is 25.0 Å². The van der Waals surface area contributed by atoms with Gasteiger partial charge >= 0.3 is 0 Å². The summed E-state index contributed by atoms with van der Waals surface area (Å²) in [4.78, 5) is 30.7. The van der Waals surface area contributed by atoms with Gasteiger partial charge in [-0.1, -0.05) is 12.8 Å². The summed E-state index contributed by atoms with van der Waals surface area (Å²) in [5.41, 5.74) is 0. The third-order valence-corrected chi connectivity index (χ3v) is 4.99. The van der Waals surface area contributed by atoms with Crippen LogP contribution in [0.5, 0.6) is 0 Å². The Balaban J connectivity index is 1.58. The Hall–Kier alpha value is -1.96. The first kappa shape index (κ1) is 17.8. The van der Waals surface area contributed by atoms with Crippen LogP contribution in [0, 0.1) is 0 Å². The van der Waals surface area contributed by atoms with Gasteiger partial charge in [0.15, 0.2) is 5.82 Å². The fourth-order valence-electron chi connectivity index (χ4n) is 3.49. The van der Waals surface area contributed by atoms with Crippen molar-refractivity contribution in [2.45, 2.75) is 50.9 Å². The molecule has 1 aromatic heterocycles. The van der Waals surface area contributed by atoms with Gasteiger partial charge in [-0.15, -0.1) is 0 Å². The summed E-state index contributed by atoms with van der Waals surface area (Å²) in [6.45, 7) is 2.70. The number of rotatable bonds is 4. The highest BCUT2D eigenvalue weighted by Crippen LogP contribution is 2.23. The van der Waals surface area contributed by atoms with Crippen LogP contribution in [0.25, 0.3) is 0 Å². The molecule has 0 aliphatic carbocycles. The molecule has 2 aliphatic rings. The van der Waals surface area contributed by atoms with E-state index in [9.17, 15) is 9.59 Å². The van der Waals surface area contributed by atoms with Gasteiger partial charge in [0.25, 0.3) is 0 Å². The van der Waals surface area contributed by atoms with Crippen LogP contribution in [-0.2, 0) is 16.6 Å². The zero-order chi connectivity index (χ0) is 17.6. The molecule has 0 spiro atoms. The lowest BCUT2D eigenvalue weighted by atomic mass is 9.98. The Morgan fingerprint density at radius 1 is 1.24 bits per heavy atom. The number of aromatic nitrogens is 3. The van der Waals surface area contributed by atoms with Crippen LogP contribution in [-0.4, -0.2) is 57.7 Å². The number of hydrogen-bond donors (Lipinski definition) is 2. The minimum atomic E-state index is -0.207. The lowest BCUT2D eigenvalue weighted by molar-refractivity contribution is -0.135. The average Bonchev–Trinajstić information content (AvgIpc) is 2.96. The van der Waals surface area contributed by atoms with E-state index in [1.165, 1.54) is 0 Å². The van der Waals surface area contributed by atoms with E-state index >= 15 is 0 Å². The molecule has 2 fully saturated rings. The molecule has 138 valence electrons. The van der Waals surface area contributed by atoms with Crippen LogP contribution in [0.15, 0.2) is 0 Å². The molecule has 3 heterocycles. The van der Waals surface area contributed by atoms with E-state index in [-0.39, 0.29) is 18.4 Å². The topological polar surface area (TPSA) is 92.2 Å². The third-order valence-electron chi connectivity index (χ3n) is 4.99. The van der Waals surface area contributed by atoms with Crippen LogP contribution in [0.1, 0.15) is 56.7 Å². The molecule has 2 N–H and O–H groups in total. The quantitative estimate of drug-likeness (QED) is 0.847. The average molecular weight is 348 g/mol. The standard InChI is InChI=1S/C17H28N6O2/c1-22-17(20-16(21-22)13-7-9-18-10-8-13)19-14(24)12-23-11-5-3-2-4-6-15(23)25/h13,18H,2-12H2,1H3,(H,19,20,21,24). The van der Waals surface area contributed by atoms with E-state index < -0.39 is 0 Å². The summed E-state index contributed by atoms with van der Waals surface area (Å²) in [6, 6.07) is 0. The van der Waals surface area contributed by atoms with Crippen LogP contribution in [0.4, 0.5) is 5.95 Å². The summed E-state index contributed by atoms with van der Waals surface area (Å²) < 4.78 is 1.62. The van der Waals surface area contributed by atoms with Gasteiger partial charge in [-0.3, -0.25) is 14.9 Å². The highest BCUT2D eigenvalue weighted by molar-refractivity contribution is 5.93. The van der Waals surface area contributed by atoms with E-state index in [2.05, 4.69) is 20.7 Å². The fraction of sp³-hybridized carbons (Fsp3) is 0.765. The van der Waals surface area contributed by atoms with E-state index in [0.717, 1.165) is 57.4 Å². The van der Waals surface area contributed by atoms with Gasteiger partial charge in [-0.2, -0.15) is 10.1 Å². The molecule has 0 unspecified atom stereocenters. The maximum Gasteiger partial charge on any atom is 0.246 e. The molecule has 1 aromatic rings. The Morgan fingerprint density at radius 3 is 2.80 bits per heavy atom. The number of piperidine rings is 1. The number of aryl methyl sites for hydroxylation is 1. The third kappa shape index (κ3) is 4.78. The van der Waals surface area contributed by atoms with E-state index in [4.69, 9.17) is 0 Å². The summed E-state index contributed by atoms with van der Waals surface area (Å²) in [5, 5.41) is 10.6. The zero-order valence-corrected chi connectivity index (χ0v) is 15.0. The second-order valence-electron chi connectivity index (χ2n) is 6.97. The van der Waals surface area contributed by atoms with Gasteiger partial charge in [0, 0.05) is 25.9 Å². The minimum Gasteiger partial charge on any atom is -0.333 e. The minimum absolute atomic E-state index is 0.0724. The number of carbonyl (C=O) groups is 2. The molecule has 0 bridgehead atoms. The number of carbonyl (C=O) groups excluding carboxylic acids is 2. The monoisotopic (exact) mass is 348 g/mol. The van der Waals surface area contributed by atoms with Gasteiger partial charge in [-0.25, -0.2) is 4.68 Å². The summed E-state index contributed by atoms with van der Waals surface area (Å²) in [7, 11) is 1.79. The first-order valence-corrected chi connectivity index (χ1v) is 9.33.